The molecule has 0 spiro atoms. The predicted octanol–water partition coefficient (Wildman–Crippen LogP) is 3.13. The molecule has 0 aliphatic heterocycles. The number of nitrogens with one attached hydrogen (secondary N) is 1. The molecule has 0 unspecified atom stereocenters. The zero-order valence-corrected chi connectivity index (χ0v) is 13.2. The summed E-state index contributed by atoms with van der Waals surface area (Å²) in [4.78, 5) is 12.3. The number of aromatic hydroxyl groups is 1. The molecule has 0 atom stereocenters. The van der Waals surface area contributed by atoms with Crippen molar-refractivity contribution in [3.63, 3.8) is 0 Å². The minimum atomic E-state index is -0.363. The van der Waals surface area contributed by atoms with Crippen molar-refractivity contribution >= 4 is 24.1 Å². The molecule has 0 saturated carbocycles. The quantitative estimate of drug-likeness (QED) is 0.658. The summed E-state index contributed by atoms with van der Waals surface area (Å²) >= 11 is 0. The minimum Gasteiger partial charge on any atom is -0.506 e. The molecule has 0 bridgehead atoms. The summed E-state index contributed by atoms with van der Waals surface area (Å²) in [5.41, 5.74) is 5.43. The largest absolute Gasteiger partial charge is 0.506 e. The summed E-state index contributed by atoms with van der Waals surface area (Å²) in [6.45, 7) is 9.31. The van der Waals surface area contributed by atoms with Crippen molar-refractivity contribution in [2.24, 2.45) is 12.1 Å². The molecule has 2 aromatic rings. The van der Waals surface area contributed by atoms with Crippen LogP contribution >= 0.6 is 0 Å². The van der Waals surface area contributed by atoms with Crippen molar-refractivity contribution in [2.45, 2.75) is 6.92 Å². The second-order valence-electron chi connectivity index (χ2n) is 5.07. The Morgan fingerprint density at radius 2 is 1.83 bits per heavy atom. The maximum Gasteiger partial charge on any atom is 0.263 e. The first kappa shape index (κ1) is 16.3. The normalized spacial score (nSPS) is 10.7. The molecule has 5 nitrogen and oxygen atoms in total. The Morgan fingerprint density at radius 1 is 1.17 bits per heavy atom. The number of rotatable bonds is 5. The number of pyridine rings is 1. The van der Waals surface area contributed by atoms with Crippen molar-refractivity contribution in [1.82, 2.24) is 4.57 Å². The number of hydrogen-bond acceptors (Lipinski definition) is 4. The molecular formula is C18H19N3O2. The van der Waals surface area contributed by atoms with Crippen LogP contribution in [0.15, 0.2) is 47.3 Å². The monoisotopic (exact) mass is 309 g/mol. The number of anilines is 1. The summed E-state index contributed by atoms with van der Waals surface area (Å²) in [5.74, 6) is -0.160. The van der Waals surface area contributed by atoms with E-state index in [9.17, 15) is 9.90 Å². The van der Waals surface area contributed by atoms with Gasteiger partial charge < -0.3 is 9.67 Å². The van der Waals surface area contributed by atoms with E-state index in [-0.39, 0.29) is 16.9 Å². The maximum absolute atomic E-state index is 12.3. The van der Waals surface area contributed by atoms with Gasteiger partial charge in [0.05, 0.1) is 17.6 Å². The van der Waals surface area contributed by atoms with Crippen molar-refractivity contribution in [3.05, 3.63) is 70.2 Å². The van der Waals surface area contributed by atoms with Crippen LogP contribution in [-0.4, -0.2) is 15.9 Å². The molecular weight excluding hydrogens is 290 g/mol. The fourth-order valence-corrected chi connectivity index (χ4v) is 2.20. The first-order chi connectivity index (χ1) is 11.0. The number of hydrogen-bond donors (Lipinski definition) is 2. The van der Waals surface area contributed by atoms with E-state index in [0.29, 0.717) is 11.3 Å². The van der Waals surface area contributed by atoms with E-state index in [1.807, 2.05) is 31.2 Å². The molecule has 2 N–H and O–H groups in total. The molecule has 5 heteroatoms. The SMILES string of the molecule is C=Cc1c(O)c(/C=N/Nc2ccc(C)cc2)c(=O)n(C)c1C=C. The highest BCUT2D eigenvalue weighted by Gasteiger charge is 2.15. The molecule has 0 fully saturated rings. The van der Waals surface area contributed by atoms with Crippen molar-refractivity contribution in [1.29, 1.82) is 0 Å². The zero-order valence-electron chi connectivity index (χ0n) is 13.2. The summed E-state index contributed by atoms with van der Waals surface area (Å²) < 4.78 is 1.40. The first-order valence-electron chi connectivity index (χ1n) is 7.06. The third-order valence-electron chi connectivity index (χ3n) is 3.52. The van der Waals surface area contributed by atoms with Crippen LogP contribution in [0.25, 0.3) is 12.2 Å². The molecule has 0 radical (unpaired) electrons. The number of aromatic nitrogens is 1. The standard InChI is InChI=1S/C18H19N3O2/c1-5-14-16(6-2)21(4)18(23)15(17(14)22)11-19-20-13-9-7-12(3)8-10-13/h5-11,20,22H,1-2H2,3-4H3/b19-11+. The Hall–Kier alpha value is -3.08. The second-order valence-corrected chi connectivity index (χ2v) is 5.07. The van der Waals surface area contributed by atoms with Gasteiger partial charge in [-0.25, -0.2) is 0 Å². The second kappa shape index (κ2) is 6.79. The number of benzene rings is 1. The zero-order chi connectivity index (χ0) is 17.0. The van der Waals surface area contributed by atoms with E-state index >= 15 is 0 Å². The van der Waals surface area contributed by atoms with E-state index in [2.05, 4.69) is 23.7 Å². The Kier molecular flexibility index (Phi) is 4.81. The number of nitrogens with zero attached hydrogens (tertiary/aromatic N) is 2. The highest BCUT2D eigenvalue weighted by Crippen LogP contribution is 2.24. The van der Waals surface area contributed by atoms with Gasteiger partial charge in [-0.2, -0.15) is 5.10 Å². The van der Waals surface area contributed by atoms with Crippen LogP contribution in [0.1, 0.15) is 22.4 Å². The Labute approximate surface area is 134 Å². The first-order valence-corrected chi connectivity index (χ1v) is 7.06. The van der Waals surface area contributed by atoms with Crippen LogP contribution in [0.3, 0.4) is 0 Å². The smallest absolute Gasteiger partial charge is 0.263 e. The summed E-state index contributed by atoms with van der Waals surface area (Å²) in [6, 6.07) is 7.65. The molecule has 23 heavy (non-hydrogen) atoms. The lowest BCUT2D eigenvalue weighted by Gasteiger charge is -2.12. The molecule has 0 aliphatic rings. The van der Waals surface area contributed by atoms with E-state index in [1.165, 1.54) is 22.9 Å². The van der Waals surface area contributed by atoms with Crippen LogP contribution in [0.2, 0.25) is 0 Å². The van der Waals surface area contributed by atoms with Crippen LogP contribution in [0.5, 0.6) is 5.75 Å². The highest BCUT2D eigenvalue weighted by molar-refractivity contribution is 5.86. The fraction of sp³-hybridized carbons (Fsp3) is 0.111. The molecule has 0 aliphatic carbocycles. The molecule has 1 heterocycles. The van der Waals surface area contributed by atoms with E-state index in [0.717, 1.165) is 11.3 Å². The maximum atomic E-state index is 12.3. The van der Waals surface area contributed by atoms with E-state index in [1.54, 1.807) is 7.05 Å². The van der Waals surface area contributed by atoms with Gasteiger partial charge >= 0.3 is 0 Å². The molecule has 0 saturated heterocycles. The lowest BCUT2D eigenvalue weighted by Crippen LogP contribution is -2.24. The van der Waals surface area contributed by atoms with Crippen LogP contribution < -0.4 is 11.0 Å². The predicted molar refractivity (Wildman–Crippen MR) is 95.9 cm³/mol. The van der Waals surface area contributed by atoms with Gasteiger partial charge in [0.2, 0.25) is 0 Å². The van der Waals surface area contributed by atoms with Gasteiger partial charge in [0.25, 0.3) is 5.56 Å². The van der Waals surface area contributed by atoms with Crippen LogP contribution in [-0.2, 0) is 7.05 Å². The average Bonchev–Trinajstić information content (AvgIpc) is 2.55. The van der Waals surface area contributed by atoms with Crippen molar-refractivity contribution < 1.29 is 5.11 Å². The van der Waals surface area contributed by atoms with Crippen molar-refractivity contribution in [2.75, 3.05) is 5.43 Å². The molecule has 118 valence electrons. The molecule has 0 amide bonds. The van der Waals surface area contributed by atoms with Crippen LogP contribution in [0, 0.1) is 6.92 Å². The summed E-state index contributed by atoms with van der Waals surface area (Å²) in [5, 5.41) is 14.3. The van der Waals surface area contributed by atoms with Gasteiger partial charge in [0, 0.05) is 12.6 Å². The van der Waals surface area contributed by atoms with E-state index < -0.39 is 0 Å². The molecule has 2 rings (SSSR count). The van der Waals surface area contributed by atoms with Gasteiger partial charge in [-0.05, 0) is 25.1 Å². The Balaban J connectivity index is 2.40. The van der Waals surface area contributed by atoms with Crippen LogP contribution in [0.4, 0.5) is 5.69 Å². The summed E-state index contributed by atoms with van der Waals surface area (Å²) in [7, 11) is 1.61. The molecule has 1 aromatic heterocycles. The lowest BCUT2D eigenvalue weighted by atomic mass is 10.1. The third-order valence-corrected chi connectivity index (χ3v) is 3.52. The minimum absolute atomic E-state index is 0.0904. The Morgan fingerprint density at radius 3 is 2.39 bits per heavy atom. The summed E-state index contributed by atoms with van der Waals surface area (Å²) in [6.07, 6.45) is 4.29. The highest BCUT2D eigenvalue weighted by atomic mass is 16.3. The number of aryl methyl sites for hydroxylation is 1. The lowest BCUT2D eigenvalue weighted by molar-refractivity contribution is 0.469. The van der Waals surface area contributed by atoms with Gasteiger partial charge in [-0.3, -0.25) is 10.2 Å². The molecule has 1 aromatic carbocycles. The van der Waals surface area contributed by atoms with E-state index in [4.69, 9.17) is 0 Å². The Bertz CT molecular complexity index is 831. The van der Waals surface area contributed by atoms with Gasteiger partial charge in [-0.15, -0.1) is 0 Å². The fourth-order valence-electron chi connectivity index (χ4n) is 2.20. The third kappa shape index (κ3) is 3.23. The van der Waals surface area contributed by atoms with Gasteiger partial charge in [-0.1, -0.05) is 36.9 Å². The van der Waals surface area contributed by atoms with Crippen molar-refractivity contribution in [3.8, 4) is 5.75 Å². The average molecular weight is 309 g/mol. The van der Waals surface area contributed by atoms with Gasteiger partial charge in [0.1, 0.15) is 11.3 Å². The van der Waals surface area contributed by atoms with Gasteiger partial charge in [0.15, 0.2) is 0 Å². The topological polar surface area (TPSA) is 66.6 Å². The number of hydrazone groups is 1.